The Morgan fingerprint density at radius 3 is 1.13 bits per heavy atom. The zero-order valence-corrected chi connectivity index (χ0v) is 22.8. The number of rotatable bonds is 11. The Kier molecular flexibility index (Phi) is 8.53. The lowest BCUT2D eigenvalue weighted by atomic mass is 10.1. The van der Waals surface area contributed by atoms with Gasteiger partial charge in [0.1, 0.15) is 23.0 Å². The fourth-order valence-corrected chi connectivity index (χ4v) is 4.03. The Balaban J connectivity index is 1.38. The predicted molar refractivity (Wildman–Crippen MR) is 152 cm³/mol. The minimum absolute atomic E-state index is 0.733. The van der Waals surface area contributed by atoms with Crippen LogP contribution in [0.15, 0.2) is 73.1 Å². The summed E-state index contributed by atoms with van der Waals surface area (Å²) in [5.74, 6) is 2.93. The highest BCUT2D eigenvalue weighted by Crippen LogP contribution is 2.30. The lowest BCUT2D eigenvalue weighted by Crippen LogP contribution is -2.30. The number of ether oxygens (including phenoxy) is 4. The molecule has 2 aromatic carbocycles. The molecule has 0 amide bonds. The van der Waals surface area contributed by atoms with Crippen LogP contribution in [-0.4, -0.2) is 65.6 Å². The van der Waals surface area contributed by atoms with Crippen LogP contribution in [0.25, 0.3) is 22.5 Å². The molecule has 0 aliphatic rings. The Morgan fingerprint density at radius 1 is 0.526 bits per heavy atom. The molecule has 2 heterocycles. The zero-order chi connectivity index (χ0) is 27.1. The van der Waals surface area contributed by atoms with Crippen LogP contribution in [0.2, 0.25) is 0 Å². The number of anilines is 2. The van der Waals surface area contributed by atoms with Crippen LogP contribution in [0.3, 0.4) is 0 Å². The smallest absolute Gasteiger partial charge is 0.123 e. The molecule has 0 spiro atoms. The summed E-state index contributed by atoms with van der Waals surface area (Å²) >= 11 is 0. The molecule has 8 heteroatoms. The summed E-state index contributed by atoms with van der Waals surface area (Å²) in [5, 5.41) is 0. The van der Waals surface area contributed by atoms with Gasteiger partial charge in [0.15, 0.2) is 0 Å². The van der Waals surface area contributed by atoms with Gasteiger partial charge in [-0.25, -0.2) is 0 Å². The van der Waals surface area contributed by atoms with Crippen molar-refractivity contribution in [3.63, 3.8) is 0 Å². The summed E-state index contributed by atoms with van der Waals surface area (Å²) in [6, 6.07) is 19.7. The van der Waals surface area contributed by atoms with Gasteiger partial charge in [0.2, 0.25) is 0 Å². The zero-order valence-electron chi connectivity index (χ0n) is 22.8. The topological polar surface area (TPSA) is 69.2 Å². The van der Waals surface area contributed by atoms with Gasteiger partial charge < -0.3 is 28.7 Å². The van der Waals surface area contributed by atoms with E-state index in [9.17, 15) is 0 Å². The van der Waals surface area contributed by atoms with E-state index in [1.54, 1.807) is 28.4 Å². The van der Waals surface area contributed by atoms with E-state index in [1.807, 2.05) is 60.9 Å². The summed E-state index contributed by atoms with van der Waals surface area (Å²) in [7, 11) is 10.7. The van der Waals surface area contributed by atoms with E-state index in [4.69, 9.17) is 18.9 Å². The molecule has 198 valence electrons. The van der Waals surface area contributed by atoms with E-state index >= 15 is 0 Å². The molecule has 0 bridgehead atoms. The molecule has 0 atom stereocenters. The van der Waals surface area contributed by atoms with Crippen molar-refractivity contribution in [3.05, 3.63) is 73.1 Å². The number of pyridine rings is 2. The molecular formula is C30H34N4O4. The molecule has 4 rings (SSSR count). The minimum Gasteiger partial charge on any atom is -0.497 e. The van der Waals surface area contributed by atoms with Gasteiger partial charge in [-0.3, -0.25) is 9.97 Å². The van der Waals surface area contributed by atoms with Gasteiger partial charge in [-0.15, -0.1) is 0 Å². The molecule has 0 N–H and O–H groups in total. The number of hydrogen-bond acceptors (Lipinski definition) is 8. The molecule has 0 saturated carbocycles. The van der Waals surface area contributed by atoms with Gasteiger partial charge in [-0.1, -0.05) is 0 Å². The van der Waals surface area contributed by atoms with Gasteiger partial charge in [0.05, 0.1) is 63.6 Å². The summed E-state index contributed by atoms with van der Waals surface area (Å²) in [6.45, 7) is 1.64. The first-order valence-electron chi connectivity index (χ1n) is 12.3. The average Bonchev–Trinajstić information content (AvgIpc) is 2.99. The fourth-order valence-electron chi connectivity index (χ4n) is 4.03. The highest BCUT2D eigenvalue weighted by molar-refractivity contribution is 5.66. The van der Waals surface area contributed by atoms with Crippen LogP contribution in [0.1, 0.15) is 0 Å². The number of nitrogens with zero attached hydrogens (tertiary/aromatic N) is 4. The summed E-state index contributed by atoms with van der Waals surface area (Å²) in [4.78, 5) is 13.7. The quantitative estimate of drug-likeness (QED) is 0.263. The third kappa shape index (κ3) is 6.26. The number of methoxy groups -OCH3 is 4. The van der Waals surface area contributed by atoms with E-state index in [2.05, 4.69) is 46.0 Å². The maximum atomic E-state index is 5.38. The van der Waals surface area contributed by atoms with Crippen molar-refractivity contribution >= 4 is 11.4 Å². The van der Waals surface area contributed by atoms with Crippen molar-refractivity contribution in [1.29, 1.82) is 0 Å². The average molecular weight is 515 g/mol. The highest BCUT2D eigenvalue weighted by atomic mass is 16.5. The second-order valence-corrected chi connectivity index (χ2v) is 8.85. The van der Waals surface area contributed by atoms with Gasteiger partial charge >= 0.3 is 0 Å². The van der Waals surface area contributed by atoms with Crippen molar-refractivity contribution in [2.75, 3.05) is 65.4 Å². The first kappa shape index (κ1) is 26.6. The summed E-state index contributed by atoms with van der Waals surface area (Å²) in [5.41, 5.74) is 5.68. The Hall–Kier alpha value is -4.46. The first-order chi connectivity index (χ1) is 18.4. The molecule has 0 aliphatic carbocycles. The van der Waals surface area contributed by atoms with Crippen molar-refractivity contribution < 1.29 is 18.9 Å². The number of aromatic nitrogens is 2. The standard InChI is InChI=1S/C30H34N4O4/c1-33(23-7-9-29(31-19-23)21-13-25(35-3)17-26(14-21)36-4)11-12-34(2)24-8-10-30(32-20-24)22-15-27(37-5)18-28(16-22)38-6/h7-10,13-20H,11-12H2,1-6H3. The van der Waals surface area contributed by atoms with Gasteiger partial charge in [-0.2, -0.15) is 0 Å². The number of benzene rings is 2. The van der Waals surface area contributed by atoms with Gasteiger partial charge in [0, 0.05) is 50.4 Å². The molecule has 8 nitrogen and oxygen atoms in total. The van der Waals surface area contributed by atoms with Crippen LogP contribution >= 0.6 is 0 Å². The van der Waals surface area contributed by atoms with Crippen LogP contribution in [0.4, 0.5) is 11.4 Å². The summed E-state index contributed by atoms with van der Waals surface area (Å²) < 4.78 is 21.5. The SMILES string of the molecule is COc1cc(OC)cc(-c2ccc(N(C)CCN(C)c3ccc(-c4cc(OC)cc(OC)c4)nc3)cn2)c1. The second-order valence-electron chi connectivity index (χ2n) is 8.85. The molecule has 0 aliphatic heterocycles. The van der Waals surface area contributed by atoms with Crippen molar-refractivity contribution in [2.24, 2.45) is 0 Å². The number of likely N-dealkylation sites (N-methyl/N-ethyl adjacent to an activating group) is 2. The third-order valence-corrected chi connectivity index (χ3v) is 6.44. The minimum atomic E-state index is 0.733. The van der Waals surface area contributed by atoms with E-state index < -0.39 is 0 Å². The molecule has 0 unspecified atom stereocenters. The molecule has 0 saturated heterocycles. The third-order valence-electron chi connectivity index (χ3n) is 6.44. The second kappa shape index (κ2) is 12.2. The normalized spacial score (nSPS) is 10.6. The Bertz CT molecular complexity index is 1190. The number of hydrogen-bond donors (Lipinski definition) is 0. The van der Waals surface area contributed by atoms with Crippen LogP contribution < -0.4 is 28.7 Å². The Morgan fingerprint density at radius 2 is 0.868 bits per heavy atom. The molecule has 4 aromatic rings. The summed E-state index contributed by atoms with van der Waals surface area (Å²) in [6.07, 6.45) is 3.78. The predicted octanol–water partition coefficient (Wildman–Crippen LogP) is 5.42. The van der Waals surface area contributed by atoms with Crippen LogP contribution in [0.5, 0.6) is 23.0 Å². The maximum Gasteiger partial charge on any atom is 0.123 e. The largest absolute Gasteiger partial charge is 0.497 e. The van der Waals surface area contributed by atoms with E-state index in [1.165, 1.54) is 0 Å². The van der Waals surface area contributed by atoms with E-state index in [0.717, 1.165) is 70.0 Å². The van der Waals surface area contributed by atoms with Gasteiger partial charge in [-0.05, 0) is 48.5 Å². The molecule has 38 heavy (non-hydrogen) atoms. The van der Waals surface area contributed by atoms with E-state index in [-0.39, 0.29) is 0 Å². The van der Waals surface area contributed by atoms with Crippen molar-refractivity contribution in [2.45, 2.75) is 0 Å². The first-order valence-corrected chi connectivity index (χ1v) is 12.3. The molecular weight excluding hydrogens is 480 g/mol. The Labute approximate surface area is 224 Å². The van der Waals surface area contributed by atoms with Crippen LogP contribution in [-0.2, 0) is 0 Å². The molecule has 2 aromatic heterocycles. The lowest BCUT2D eigenvalue weighted by molar-refractivity contribution is 0.394. The van der Waals surface area contributed by atoms with Gasteiger partial charge in [0.25, 0.3) is 0 Å². The van der Waals surface area contributed by atoms with Crippen LogP contribution in [0, 0.1) is 0 Å². The maximum absolute atomic E-state index is 5.38. The monoisotopic (exact) mass is 514 g/mol. The highest BCUT2D eigenvalue weighted by Gasteiger charge is 2.10. The van der Waals surface area contributed by atoms with Crippen molar-refractivity contribution in [1.82, 2.24) is 9.97 Å². The lowest BCUT2D eigenvalue weighted by Gasteiger charge is -2.25. The van der Waals surface area contributed by atoms with E-state index in [0.29, 0.717) is 0 Å². The fraction of sp³-hybridized carbons (Fsp3) is 0.267. The van der Waals surface area contributed by atoms with Crippen molar-refractivity contribution in [3.8, 4) is 45.5 Å². The molecule has 0 fully saturated rings. The molecule has 0 radical (unpaired) electrons.